The lowest BCUT2D eigenvalue weighted by Gasteiger charge is -2.37. The van der Waals surface area contributed by atoms with Crippen molar-refractivity contribution in [3.05, 3.63) is 27.6 Å². The van der Waals surface area contributed by atoms with E-state index >= 15 is 0 Å². The molecule has 1 amide bonds. The number of hydrogen-bond acceptors (Lipinski definition) is 7. The number of carbonyl (C=O) groups is 2. The van der Waals surface area contributed by atoms with Gasteiger partial charge in [-0.25, -0.2) is 4.79 Å². The van der Waals surface area contributed by atoms with Crippen LogP contribution in [-0.2, 0) is 22.4 Å². The number of anilines is 1. The minimum Gasteiger partial charge on any atom is -0.449 e. The summed E-state index contributed by atoms with van der Waals surface area (Å²) in [7, 11) is 0. The Morgan fingerprint density at radius 3 is 2.55 bits per heavy atom. The first-order valence-corrected chi connectivity index (χ1v) is 12.7. The zero-order valence-corrected chi connectivity index (χ0v) is 19.4. The number of carboxylic acid groups (broad SMARTS) is 1. The van der Waals surface area contributed by atoms with E-state index in [0.717, 1.165) is 69.2 Å². The maximum atomic E-state index is 13.5. The van der Waals surface area contributed by atoms with Crippen LogP contribution >= 0.6 is 11.3 Å². The lowest BCUT2D eigenvalue weighted by Crippen LogP contribution is -2.34. The molecule has 9 heteroatoms. The van der Waals surface area contributed by atoms with Gasteiger partial charge in [0.1, 0.15) is 10.8 Å². The van der Waals surface area contributed by atoms with Crippen LogP contribution in [0.2, 0.25) is 0 Å². The Morgan fingerprint density at radius 2 is 1.82 bits per heavy atom. The number of aromatic nitrogens is 2. The molecular formula is C24H27N3O5S. The van der Waals surface area contributed by atoms with Crippen molar-refractivity contribution in [1.29, 1.82) is 0 Å². The molecule has 2 bridgehead atoms. The Hall–Kier alpha value is -2.68. The van der Waals surface area contributed by atoms with Crippen molar-refractivity contribution in [2.24, 2.45) is 17.8 Å². The molecule has 2 N–H and O–H groups in total. The lowest BCUT2D eigenvalue weighted by atomic mass is 9.70. The number of nitrogens with one attached hydrogen (secondary N) is 1. The summed E-state index contributed by atoms with van der Waals surface area (Å²) >= 11 is 1.58. The van der Waals surface area contributed by atoms with Gasteiger partial charge in [-0.15, -0.1) is 11.3 Å². The highest BCUT2D eigenvalue weighted by Gasteiger charge is 2.41. The predicted molar refractivity (Wildman–Crippen MR) is 121 cm³/mol. The third-order valence-corrected chi connectivity index (χ3v) is 8.72. The molecule has 2 fully saturated rings. The molecule has 0 radical (unpaired) electrons. The van der Waals surface area contributed by atoms with Crippen LogP contribution in [0.1, 0.15) is 74.1 Å². The molecule has 2 saturated carbocycles. The first-order chi connectivity index (χ1) is 16.0. The number of fused-ring (bicyclic) bond motifs is 3. The van der Waals surface area contributed by atoms with E-state index in [-0.39, 0.29) is 17.7 Å². The first kappa shape index (κ1) is 20.9. The Kier molecular flexibility index (Phi) is 5.05. The fourth-order valence-electron chi connectivity index (χ4n) is 5.67. The van der Waals surface area contributed by atoms with Gasteiger partial charge in [-0.3, -0.25) is 4.79 Å². The van der Waals surface area contributed by atoms with Crippen LogP contribution in [0, 0.1) is 17.8 Å². The minimum absolute atomic E-state index is 0.000696. The number of allylic oxidation sites excluding steroid dienone is 1. The van der Waals surface area contributed by atoms with Crippen molar-refractivity contribution >= 4 is 28.4 Å². The van der Waals surface area contributed by atoms with Gasteiger partial charge in [0.2, 0.25) is 0 Å². The molecule has 174 valence electrons. The Labute approximate surface area is 195 Å². The number of amides is 1. The molecule has 0 saturated heterocycles. The summed E-state index contributed by atoms with van der Waals surface area (Å²) < 4.78 is 10.8. The molecule has 0 aliphatic heterocycles. The van der Waals surface area contributed by atoms with Gasteiger partial charge < -0.3 is 19.7 Å². The van der Waals surface area contributed by atoms with E-state index in [2.05, 4.69) is 22.4 Å². The summed E-state index contributed by atoms with van der Waals surface area (Å²) in [5, 5.41) is 17.3. The van der Waals surface area contributed by atoms with Crippen molar-refractivity contribution in [1.82, 2.24) is 10.1 Å². The molecule has 0 aromatic carbocycles. The predicted octanol–water partition coefficient (Wildman–Crippen LogP) is 5.51. The largest absolute Gasteiger partial charge is 0.511 e. The van der Waals surface area contributed by atoms with Gasteiger partial charge in [0, 0.05) is 16.7 Å². The molecule has 0 spiro atoms. The molecule has 5 aliphatic rings. The summed E-state index contributed by atoms with van der Waals surface area (Å²) in [4.78, 5) is 30.8. The quantitative estimate of drug-likeness (QED) is 0.555. The molecule has 2 aromatic rings. The summed E-state index contributed by atoms with van der Waals surface area (Å²) in [6.07, 6.45) is 7.29. The zero-order valence-electron chi connectivity index (χ0n) is 18.6. The number of hydrogen-bond donors (Lipinski definition) is 2. The third kappa shape index (κ3) is 3.76. The number of nitrogens with zero attached hydrogens (tertiary/aromatic N) is 2. The van der Waals surface area contributed by atoms with Crippen molar-refractivity contribution in [2.75, 3.05) is 5.32 Å². The van der Waals surface area contributed by atoms with E-state index in [1.807, 2.05) is 0 Å². The molecule has 7 rings (SSSR count). The van der Waals surface area contributed by atoms with Gasteiger partial charge in [0.25, 0.3) is 11.8 Å². The van der Waals surface area contributed by atoms with Crippen molar-refractivity contribution in [3.8, 4) is 11.5 Å². The van der Waals surface area contributed by atoms with Crippen LogP contribution in [0.15, 0.2) is 15.9 Å². The van der Waals surface area contributed by atoms with Crippen LogP contribution in [0.5, 0.6) is 0 Å². The van der Waals surface area contributed by atoms with E-state index in [1.165, 1.54) is 10.4 Å². The lowest BCUT2D eigenvalue weighted by molar-refractivity contribution is -0.114. The van der Waals surface area contributed by atoms with Gasteiger partial charge in [0.05, 0.1) is 11.1 Å². The highest BCUT2D eigenvalue weighted by atomic mass is 32.1. The minimum atomic E-state index is -1.36. The maximum absolute atomic E-state index is 13.5. The summed E-state index contributed by atoms with van der Waals surface area (Å²) in [5.41, 5.74) is 2.53. The Morgan fingerprint density at radius 1 is 1.09 bits per heavy atom. The fourth-order valence-corrected chi connectivity index (χ4v) is 7.07. The molecular weight excluding hydrogens is 442 g/mol. The smallest absolute Gasteiger partial charge is 0.449 e. The average Bonchev–Trinajstić information content (AvgIpc) is 3.42. The van der Waals surface area contributed by atoms with Crippen molar-refractivity contribution < 1.29 is 24.0 Å². The van der Waals surface area contributed by atoms with Crippen molar-refractivity contribution in [2.45, 2.75) is 70.6 Å². The monoisotopic (exact) mass is 469 g/mol. The van der Waals surface area contributed by atoms with Crippen LogP contribution < -0.4 is 5.32 Å². The van der Waals surface area contributed by atoms with E-state index in [1.54, 1.807) is 11.3 Å². The van der Waals surface area contributed by atoms with Crippen molar-refractivity contribution in [3.63, 3.8) is 0 Å². The number of rotatable bonds is 5. The topological polar surface area (TPSA) is 115 Å². The fraction of sp³-hybridized carbons (Fsp3) is 0.583. The van der Waals surface area contributed by atoms with E-state index < -0.39 is 6.16 Å². The third-order valence-electron chi connectivity index (χ3n) is 7.55. The highest BCUT2D eigenvalue weighted by molar-refractivity contribution is 7.17. The SMILES string of the molecule is CC1CCc2c(sc(NC(=O)C3=C(OC(=O)O)C4CCC3CC4)c2-c2nc(C3CC3)no2)C1. The molecule has 1 atom stereocenters. The van der Waals surface area contributed by atoms with Gasteiger partial charge >= 0.3 is 6.16 Å². The first-order valence-electron chi connectivity index (χ1n) is 11.9. The van der Waals surface area contributed by atoms with Gasteiger partial charge in [-0.1, -0.05) is 12.1 Å². The second-order valence-electron chi connectivity index (χ2n) is 9.94. The number of thiophene rings is 1. The van der Waals surface area contributed by atoms with E-state index in [0.29, 0.717) is 34.1 Å². The highest BCUT2D eigenvalue weighted by Crippen LogP contribution is 2.49. The van der Waals surface area contributed by atoms with Crippen LogP contribution in [-0.4, -0.2) is 27.3 Å². The zero-order chi connectivity index (χ0) is 22.7. The second kappa shape index (κ2) is 7.97. The maximum Gasteiger partial charge on any atom is 0.511 e. The average molecular weight is 470 g/mol. The Balaban J connectivity index is 1.38. The molecule has 2 heterocycles. The normalized spacial score (nSPS) is 26.3. The molecule has 2 aromatic heterocycles. The van der Waals surface area contributed by atoms with Crippen LogP contribution in [0.3, 0.4) is 0 Å². The molecule has 5 aliphatic carbocycles. The van der Waals surface area contributed by atoms with E-state index in [4.69, 9.17) is 9.26 Å². The van der Waals surface area contributed by atoms with Gasteiger partial charge in [-0.05, 0) is 75.2 Å². The number of carbonyl (C=O) groups excluding carboxylic acids is 1. The molecule has 8 nitrogen and oxygen atoms in total. The van der Waals surface area contributed by atoms with Crippen LogP contribution in [0.25, 0.3) is 11.5 Å². The summed E-state index contributed by atoms with van der Waals surface area (Å²) in [6.45, 7) is 2.25. The molecule has 33 heavy (non-hydrogen) atoms. The van der Waals surface area contributed by atoms with Gasteiger partial charge in [0.15, 0.2) is 5.82 Å². The van der Waals surface area contributed by atoms with Gasteiger partial charge in [-0.2, -0.15) is 4.98 Å². The van der Waals surface area contributed by atoms with E-state index in [9.17, 15) is 14.7 Å². The molecule has 1 unspecified atom stereocenters. The second-order valence-corrected chi connectivity index (χ2v) is 11.0. The summed E-state index contributed by atoms with van der Waals surface area (Å²) in [6, 6.07) is 0. The summed E-state index contributed by atoms with van der Waals surface area (Å²) in [5.74, 6) is 2.30. The number of ether oxygens (including phenoxy) is 1. The van der Waals surface area contributed by atoms with Crippen LogP contribution in [0.4, 0.5) is 9.80 Å². The standard InChI is InChI=1S/C24H27N3O5S/c1-11-2-9-15-16(10-11)33-23(18(15)22-25-20(27-32-22)14-7-8-14)26-21(28)17-12-3-5-13(6-4-12)19(17)31-24(29)30/h11-14H,2-10H2,1H3,(H,26,28)(H,29,30). The Bertz CT molecular complexity index is 1150.